The summed E-state index contributed by atoms with van der Waals surface area (Å²) in [5.41, 5.74) is 3.55. The van der Waals surface area contributed by atoms with E-state index in [1.54, 1.807) is 6.07 Å². The van der Waals surface area contributed by atoms with E-state index in [0.29, 0.717) is 5.92 Å². The first-order valence-electron chi connectivity index (χ1n) is 8.38. The van der Waals surface area contributed by atoms with Gasteiger partial charge in [0.2, 0.25) is 0 Å². The number of fused-ring (bicyclic) bond motifs is 1. The summed E-state index contributed by atoms with van der Waals surface area (Å²) in [7, 11) is 2.07. The van der Waals surface area contributed by atoms with Crippen LogP contribution in [-0.4, -0.2) is 36.3 Å². The number of hydrogen-bond acceptors (Lipinski definition) is 5. The number of nitrogens with one attached hydrogen (secondary N) is 1. The van der Waals surface area contributed by atoms with Gasteiger partial charge in [-0.15, -0.1) is 0 Å². The fourth-order valence-electron chi connectivity index (χ4n) is 3.15. The maximum atomic E-state index is 12.1. The zero-order valence-corrected chi connectivity index (χ0v) is 13.7. The molecule has 1 aromatic carbocycles. The second kappa shape index (κ2) is 5.94. The van der Waals surface area contributed by atoms with Crippen LogP contribution in [0.5, 0.6) is 0 Å². The van der Waals surface area contributed by atoms with Gasteiger partial charge in [-0.25, -0.2) is 0 Å². The number of anilines is 1. The summed E-state index contributed by atoms with van der Waals surface area (Å²) in [6, 6.07) is 7.67. The minimum absolute atomic E-state index is 0.152. The Morgan fingerprint density at radius 1 is 1.46 bits per heavy atom. The van der Waals surface area contributed by atoms with Crippen molar-refractivity contribution in [3.63, 3.8) is 0 Å². The topological polar surface area (TPSA) is 78.6 Å². The van der Waals surface area contributed by atoms with Crippen LogP contribution in [0.2, 0.25) is 0 Å². The van der Waals surface area contributed by atoms with Crippen LogP contribution in [0.3, 0.4) is 0 Å². The summed E-state index contributed by atoms with van der Waals surface area (Å²) in [6.07, 6.45) is 2.45. The molecule has 1 fully saturated rings. The van der Waals surface area contributed by atoms with E-state index in [9.17, 15) is 9.90 Å². The van der Waals surface area contributed by atoms with Gasteiger partial charge >= 0.3 is 0 Å². The van der Waals surface area contributed by atoms with Gasteiger partial charge in [-0.2, -0.15) is 0 Å². The van der Waals surface area contributed by atoms with E-state index in [-0.39, 0.29) is 18.1 Å². The zero-order chi connectivity index (χ0) is 16.7. The van der Waals surface area contributed by atoms with Crippen molar-refractivity contribution >= 4 is 11.6 Å². The third-order valence-electron chi connectivity index (χ3n) is 4.81. The number of carbonyl (C=O) groups is 1. The van der Waals surface area contributed by atoms with Crippen molar-refractivity contribution in [1.29, 1.82) is 0 Å². The van der Waals surface area contributed by atoms with Crippen LogP contribution >= 0.6 is 0 Å². The largest absolute Gasteiger partial charge is 0.387 e. The average molecular weight is 327 g/mol. The van der Waals surface area contributed by atoms with E-state index in [2.05, 4.69) is 22.4 Å². The van der Waals surface area contributed by atoms with Crippen LogP contribution in [0.1, 0.15) is 52.2 Å². The summed E-state index contributed by atoms with van der Waals surface area (Å²) in [6.45, 7) is 1.15. The van der Waals surface area contributed by atoms with Gasteiger partial charge in [-0.05, 0) is 36.5 Å². The number of aromatic nitrogens is 1. The highest BCUT2D eigenvalue weighted by Gasteiger charge is 2.29. The zero-order valence-electron chi connectivity index (χ0n) is 13.7. The molecule has 2 aromatic rings. The Balaban J connectivity index is 1.37. The van der Waals surface area contributed by atoms with E-state index in [0.717, 1.165) is 37.1 Å². The molecule has 2 aliphatic rings. The second-order valence-corrected chi connectivity index (χ2v) is 6.67. The van der Waals surface area contributed by atoms with Crippen molar-refractivity contribution in [2.24, 2.45) is 0 Å². The maximum Gasteiger partial charge on any atom is 0.273 e. The fraction of sp³-hybridized carbons (Fsp3) is 0.444. The van der Waals surface area contributed by atoms with Crippen LogP contribution < -0.4 is 10.2 Å². The van der Waals surface area contributed by atoms with Gasteiger partial charge in [0, 0.05) is 37.8 Å². The summed E-state index contributed by atoms with van der Waals surface area (Å²) >= 11 is 0. The standard InChI is InChI=1S/C18H21N3O3/c1-21-7-6-12-8-13(4-5-15(12)21)16(22)10-19-18(23)14-9-17(24-20-14)11-2-3-11/h4-5,8-9,11,16,22H,2-3,6-7,10H2,1H3,(H,19,23). The van der Waals surface area contributed by atoms with Crippen LogP contribution in [0.4, 0.5) is 5.69 Å². The lowest BCUT2D eigenvalue weighted by atomic mass is 10.0. The smallest absolute Gasteiger partial charge is 0.273 e. The number of hydrogen-bond donors (Lipinski definition) is 2. The number of likely N-dealkylation sites (N-methyl/N-ethyl adjacent to an activating group) is 1. The monoisotopic (exact) mass is 327 g/mol. The third-order valence-corrected chi connectivity index (χ3v) is 4.81. The Labute approximate surface area is 140 Å². The molecule has 0 saturated heterocycles. The predicted octanol–water partition coefficient (Wildman–Crippen LogP) is 2.01. The summed E-state index contributed by atoms with van der Waals surface area (Å²) in [4.78, 5) is 14.3. The van der Waals surface area contributed by atoms with Crippen molar-refractivity contribution < 1.29 is 14.4 Å². The SMILES string of the molecule is CN1CCc2cc(C(O)CNC(=O)c3cc(C4CC4)on3)ccc21. The third kappa shape index (κ3) is 2.89. The molecule has 126 valence electrons. The lowest BCUT2D eigenvalue weighted by Gasteiger charge is -2.15. The first-order valence-corrected chi connectivity index (χ1v) is 8.38. The molecule has 6 nitrogen and oxygen atoms in total. The quantitative estimate of drug-likeness (QED) is 0.878. The Hall–Kier alpha value is -2.34. The molecule has 1 amide bonds. The number of aliphatic hydroxyl groups is 1. The first kappa shape index (κ1) is 15.2. The number of benzene rings is 1. The minimum atomic E-state index is -0.736. The Morgan fingerprint density at radius 2 is 2.29 bits per heavy atom. The Bertz CT molecular complexity index is 767. The first-order chi connectivity index (χ1) is 11.6. The molecule has 2 heterocycles. The Morgan fingerprint density at radius 3 is 3.08 bits per heavy atom. The molecule has 1 atom stereocenters. The fourth-order valence-corrected chi connectivity index (χ4v) is 3.15. The van der Waals surface area contributed by atoms with E-state index in [4.69, 9.17) is 4.52 Å². The van der Waals surface area contributed by atoms with Crippen LogP contribution in [-0.2, 0) is 6.42 Å². The van der Waals surface area contributed by atoms with Crippen LogP contribution in [0.15, 0.2) is 28.8 Å². The molecule has 1 saturated carbocycles. The molecule has 24 heavy (non-hydrogen) atoms. The molecule has 1 aliphatic heterocycles. The molecule has 1 aliphatic carbocycles. The van der Waals surface area contributed by atoms with Crippen molar-refractivity contribution in [3.8, 4) is 0 Å². The molecular weight excluding hydrogens is 306 g/mol. The van der Waals surface area contributed by atoms with Gasteiger partial charge in [-0.1, -0.05) is 17.3 Å². The summed E-state index contributed by atoms with van der Waals surface area (Å²) in [5, 5.41) is 16.9. The van der Waals surface area contributed by atoms with Gasteiger partial charge in [0.25, 0.3) is 5.91 Å². The van der Waals surface area contributed by atoms with Crippen molar-refractivity contribution in [3.05, 3.63) is 46.8 Å². The van der Waals surface area contributed by atoms with E-state index < -0.39 is 6.10 Å². The van der Waals surface area contributed by atoms with E-state index in [1.165, 1.54) is 11.3 Å². The lowest BCUT2D eigenvalue weighted by molar-refractivity contribution is 0.0907. The molecule has 4 rings (SSSR count). The molecule has 1 aromatic heterocycles. The van der Waals surface area contributed by atoms with Crippen molar-refractivity contribution in [2.45, 2.75) is 31.3 Å². The van der Waals surface area contributed by atoms with Crippen LogP contribution in [0.25, 0.3) is 0 Å². The van der Waals surface area contributed by atoms with Crippen molar-refractivity contribution in [2.75, 3.05) is 25.0 Å². The Kier molecular flexibility index (Phi) is 3.76. The number of nitrogens with zero attached hydrogens (tertiary/aromatic N) is 2. The highest BCUT2D eigenvalue weighted by atomic mass is 16.5. The van der Waals surface area contributed by atoms with Gasteiger partial charge in [0.15, 0.2) is 5.69 Å². The van der Waals surface area contributed by atoms with Gasteiger partial charge in [0.1, 0.15) is 5.76 Å². The second-order valence-electron chi connectivity index (χ2n) is 6.67. The summed E-state index contributed by atoms with van der Waals surface area (Å²) in [5.74, 6) is 0.892. The number of rotatable bonds is 5. The number of amides is 1. The molecule has 6 heteroatoms. The minimum Gasteiger partial charge on any atom is -0.387 e. The molecule has 0 radical (unpaired) electrons. The van der Waals surface area contributed by atoms with Gasteiger partial charge in [0.05, 0.1) is 6.10 Å². The highest BCUT2D eigenvalue weighted by Crippen LogP contribution is 2.40. The average Bonchev–Trinajstić information content (AvgIpc) is 3.21. The van der Waals surface area contributed by atoms with Gasteiger partial charge in [-0.3, -0.25) is 4.79 Å². The maximum absolute atomic E-state index is 12.1. The van der Waals surface area contributed by atoms with Crippen LogP contribution in [0, 0.1) is 0 Å². The summed E-state index contributed by atoms with van der Waals surface area (Å²) < 4.78 is 5.18. The molecule has 1 unspecified atom stereocenters. The molecule has 2 N–H and O–H groups in total. The highest BCUT2D eigenvalue weighted by molar-refractivity contribution is 5.92. The van der Waals surface area contributed by atoms with E-state index in [1.807, 2.05) is 18.2 Å². The molecule has 0 bridgehead atoms. The number of carbonyl (C=O) groups excluding carboxylic acids is 1. The lowest BCUT2D eigenvalue weighted by Crippen LogP contribution is -2.28. The molecular formula is C18H21N3O3. The molecule has 0 spiro atoms. The van der Waals surface area contributed by atoms with Crippen molar-refractivity contribution in [1.82, 2.24) is 10.5 Å². The normalized spacial score (nSPS) is 17.7. The van der Waals surface area contributed by atoms with E-state index >= 15 is 0 Å². The number of aliphatic hydroxyl groups excluding tert-OH is 1. The van der Waals surface area contributed by atoms with Gasteiger partial charge < -0.3 is 19.8 Å². The predicted molar refractivity (Wildman–Crippen MR) is 89.2 cm³/mol.